The fraction of sp³-hybridized carbons (Fsp3) is 0.222. The molecule has 1 unspecified atom stereocenters. The summed E-state index contributed by atoms with van der Waals surface area (Å²) in [4.78, 5) is 24.7. The number of ether oxygens (including phenoxy) is 1. The maximum atomic E-state index is 13.8. The number of halogens is 3. The van der Waals surface area contributed by atoms with Gasteiger partial charge in [-0.2, -0.15) is 0 Å². The molecule has 0 aromatic heterocycles. The summed E-state index contributed by atoms with van der Waals surface area (Å²) in [5.41, 5.74) is -2.44. The van der Waals surface area contributed by atoms with Crippen molar-refractivity contribution in [2.24, 2.45) is 5.41 Å². The number of carbonyl (C=O) groups is 2. The predicted molar refractivity (Wildman–Crippen MR) is 79.1 cm³/mol. The van der Waals surface area contributed by atoms with E-state index in [1.807, 2.05) is 0 Å². The topological polar surface area (TPSA) is 43.4 Å². The van der Waals surface area contributed by atoms with Crippen molar-refractivity contribution in [3.05, 3.63) is 71.0 Å². The zero-order valence-corrected chi connectivity index (χ0v) is 12.5. The van der Waals surface area contributed by atoms with Crippen molar-refractivity contribution < 1.29 is 27.5 Å². The summed E-state index contributed by atoms with van der Waals surface area (Å²) in [5.74, 6) is -3.20. The molecular formula is C18H13F3O3. The molecule has 24 heavy (non-hydrogen) atoms. The van der Waals surface area contributed by atoms with Gasteiger partial charge in [0.15, 0.2) is 11.2 Å². The van der Waals surface area contributed by atoms with Crippen molar-refractivity contribution in [1.82, 2.24) is 0 Å². The number of alkyl halides is 2. The minimum absolute atomic E-state index is 0.167. The van der Waals surface area contributed by atoms with Crippen LogP contribution in [0.15, 0.2) is 48.5 Å². The smallest absolute Gasteiger partial charge is 0.326 e. The molecule has 3 nitrogen and oxygen atoms in total. The molecule has 1 aliphatic rings. The molecule has 0 spiro atoms. The van der Waals surface area contributed by atoms with E-state index in [1.165, 1.54) is 12.1 Å². The van der Waals surface area contributed by atoms with Crippen LogP contribution in [-0.4, -0.2) is 18.2 Å². The van der Waals surface area contributed by atoms with Crippen molar-refractivity contribution in [1.29, 1.82) is 0 Å². The molecule has 2 aromatic carbocycles. The number of carbonyl (C=O) groups excluding carboxylic acids is 2. The van der Waals surface area contributed by atoms with Gasteiger partial charge in [0.2, 0.25) is 0 Å². The van der Waals surface area contributed by atoms with Crippen molar-refractivity contribution in [2.75, 3.05) is 0 Å². The molecule has 0 N–H and O–H groups in total. The van der Waals surface area contributed by atoms with E-state index < -0.39 is 35.8 Å². The highest BCUT2D eigenvalue weighted by Crippen LogP contribution is 2.43. The minimum Gasteiger partial charge on any atom is -0.460 e. The van der Waals surface area contributed by atoms with Crippen LogP contribution in [0.2, 0.25) is 0 Å². The fourth-order valence-electron chi connectivity index (χ4n) is 2.83. The van der Waals surface area contributed by atoms with E-state index >= 15 is 0 Å². The van der Waals surface area contributed by atoms with E-state index in [9.17, 15) is 22.8 Å². The van der Waals surface area contributed by atoms with Gasteiger partial charge in [-0.05, 0) is 11.6 Å². The Hall–Kier alpha value is -2.63. The van der Waals surface area contributed by atoms with Gasteiger partial charge in [-0.15, -0.1) is 0 Å². The minimum atomic E-state index is -3.29. The monoisotopic (exact) mass is 334 g/mol. The zero-order chi connectivity index (χ0) is 17.3. The molecule has 0 heterocycles. The van der Waals surface area contributed by atoms with Gasteiger partial charge in [-0.25, -0.2) is 13.2 Å². The Bertz CT molecular complexity index is 789. The van der Waals surface area contributed by atoms with Gasteiger partial charge in [-0.3, -0.25) is 9.59 Å². The quantitative estimate of drug-likeness (QED) is 0.634. The summed E-state index contributed by atoms with van der Waals surface area (Å²) in [6.45, 7) is -0.236. The Kier molecular flexibility index (Phi) is 4.13. The second kappa shape index (κ2) is 6.11. The third-order valence-corrected chi connectivity index (χ3v) is 4.17. The van der Waals surface area contributed by atoms with Crippen LogP contribution in [0.4, 0.5) is 13.2 Å². The highest BCUT2D eigenvalue weighted by molar-refractivity contribution is 6.16. The third-order valence-electron chi connectivity index (χ3n) is 4.17. The highest BCUT2D eigenvalue weighted by atomic mass is 19.3. The SMILES string of the molecule is O=C(OCc1ccccc1)C1(C(F)F)Cc2c(F)cccc2C1=O. The van der Waals surface area contributed by atoms with Crippen LogP contribution >= 0.6 is 0 Å². The highest BCUT2D eigenvalue weighted by Gasteiger charge is 2.60. The number of hydrogen-bond donors (Lipinski definition) is 0. The second-order valence-corrected chi connectivity index (χ2v) is 5.61. The van der Waals surface area contributed by atoms with Gasteiger partial charge < -0.3 is 4.74 Å². The van der Waals surface area contributed by atoms with Crippen molar-refractivity contribution >= 4 is 11.8 Å². The maximum Gasteiger partial charge on any atom is 0.326 e. The molecule has 1 atom stereocenters. The zero-order valence-electron chi connectivity index (χ0n) is 12.5. The number of Topliss-reactive ketones (excluding diaryl/α,β-unsaturated/α-hetero) is 1. The lowest BCUT2D eigenvalue weighted by Gasteiger charge is -2.24. The van der Waals surface area contributed by atoms with Gasteiger partial charge in [0.25, 0.3) is 6.43 Å². The molecule has 3 rings (SSSR count). The first-order valence-electron chi connectivity index (χ1n) is 7.28. The molecule has 124 valence electrons. The molecule has 0 saturated heterocycles. The number of ketones is 1. The lowest BCUT2D eigenvalue weighted by atomic mass is 9.84. The normalized spacial score (nSPS) is 19.4. The average molecular weight is 334 g/mol. The van der Waals surface area contributed by atoms with Crippen molar-refractivity contribution in [3.8, 4) is 0 Å². The Morgan fingerprint density at radius 2 is 1.83 bits per heavy atom. The first kappa shape index (κ1) is 16.2. The van der Waals surface area contributed by atoms with Gasteiger partial charge in [-0.1, -0.05) is 42.5 Å². The number of benzene rings is 2. The van der Waals surface area contributed by atoms with E-state index in [4.69, 9.17) is 4.74 Å². The van der Waals surface area contributed by atoms with Crippen LogP contribution in [0, 0.1) is 11.2 Å². The molecule has 1 aliphatic carbocycles. The summed E-state index contributed by atoms with van der Waals surface area (Å²) in [7, 11) is 0. The standard InChI is InChI=1S/C18H13F3O3/c19-14-8-4-7-12-13(14)9-18(15(12)22,16(20)21)17(23)24-10-11-5-2-1-3-6-11/h1-8,16H,9-10H2. The molecule has 0 amide bonds. The van der Waals surface area contributed by atoms with E-state index in [0.717, 1.165) is 6.07 Å². The number of rotatable bonds is 4. The van der Waals surface area contributed by atoms with Crippen molar-refractivity contribution in [3.63, 3.8) is 0 Å². The third kappa shape index (κ3) is 2.48. The number of hydrogen-bond acceptors (Lipinski definition) is 3. The van der Waals surface area contributed by atoms with Crippen LogP contribution in [0.3, 0.4) is 0 Å². The predicted octanol–water partition coefficient (Wildman–Crippen LogP) is 3.56. The summed E-state index contributed by atoms with van der Waals surface area (Å²) >= 11 is 0. The molecule has 0 radical (unpaired) electrons. The van der Waals surface area contributed by atoms with Crippen LogP contribution in [0.1, 0.15) is 21.5 Å². The Labute approximate surface area is 136 Å². The molecule has 0 fully saturated rings. The summed E-state index contributed by atoms with van der Waals surface area (Å²) < 4.78 is 46.1. The summed E-state index contributed by atoms with van der Waals surface area (Å²) in [5, 5.41) is 0. The van der Waals surface area contributed by atoms with Crippen LogP contribution in [-0.2, 0) is 22.6 Å². The van der Waals surface area contributed by atoms with Gasteiger partial charge in [0.05, 0.1) is 0 Å². The lowest BCUT2D eigenvalue weighted by molar-refractivity contribution is -0.161. The van der Waals surface area contributed by atoms with E-state index in [1.54, 1.807) is 30.3 Å². The molecular weight excluding hydrogens is 321 g/mol. The van der Waals surface area contributed by atoms with Gasteiger partial charge >= 0.3 is 5.97 Å². The lowest BCUT2D eigenvalue weighted by Crippen LogP contribution is -2.45. The Morgan fingerprint density at radius 1 is 1.12 bits per heavy atom. The molecule has 6 heteroatoms. The second-order valence-electron chi connectivity index (χ2n) is 5.61. The molecule has 2 aromatic rings. The van der Waals surface area contributed by atoms with E-state index in [-0.39, 0.29) is 17.7 Å². The van der Waals surface area contributed by atoms with Crippen LogP contribution in [0.25, 0.3) is 0 Å². The van der Waals surface area contributed by atoms with Crippen LogP contribution < -0.4 is 0 Å². The number of esters is 1. The average Bonchev–Trinajstić information content (AvgIpc) is 2.89. The summed E-state index contributed by atoms with van der Waals surface area (Å²) in [6.07, 6.45) is -3.99. The first-order valence-corrected chi connectivity index (χ1v) is 7.28. The number of fused-ring (bicyclic) bond motifs is 1. The fourth-order valence-corrected chi connectivity index (χ4v) is 2.83. The van der Waals surface area contributed by atoms with Gasteiger partial charge in [0.1, 0.15) is 12.4 Å². The largest absolute Gasteiger partial charge is 0.460 e. The summed E-state index contributed by atoms with van der Waals surface area (Å²) in [6, 6.07) is 12.1. The Morgan fingerprint density at radius 3 is 2.46 bits per heavy atom. The molecule has 0 bridgehead atoms. The van der Waals surface area contributed by atoms with E-state index in [2.05, 4.69) is 0 Å². The maximum absolute atomic E-state index is 13.8. The Balaban J connectivity index is 1.89. The van der Waals surface area contributed by atoms with Crippen molar-refractivity contribution in [2.45, 2.75) is 19.5 Å². The molecule has 0 saturated carbocycles. The van der Waals surface area contributed by atoms with Gasteiger partial charge in [0, 0.05) is 17.5 Å². The van der Waals surface area contributed by atoms with Crippen LogP contribution in [0.5, 0.6) is 0 Å². The molecule has 0 aliphatic heterocycles. The van der Waals surface area contributed by atoms with E-state index in [0.29, 0.717) is 5.56 Å². The first-order chi connectivity index (χ1) is 11.5.